The molecule has 78 valence electrons. The van der Waals surface area contributed by atoms with Crippen molar-refractivity contribution in [3.8, 4) is 0 Å². The van der Waals surface area contributed by atoms with Crippen LogP contribution in [0.2, 0.25) is 0 Å². The highest BCUT2D eigenvalue weighted by Crippen LogP contribution is 2.17. The molecule has 0 amide bonds. The number of hydrogen-bond acceptors (Lipinski definition) is 6. The van der Waals surface area contributed by atoms with Gasteiger partial charge >= 0.3 is 0 Å². The van der Waals surface area contributed by atoms with Crippen molar-refractivity contribution >= 4 is 17.6 Å². The molecule has 0 aliphatic carbocycles. The lowest BCUT2D eigenvalue weighted by Gasteiger charge is -2.00. The third kappa shape index (κ3) is 2.67. The number of hydrogen-bond donors (Lipinski definition) is 3. The van der Waals surface area contributed by atoms with E-state index in [1.807, 2.05) is 12.1 Å². The SMILES string of the molecule is NNc1ccc(CSc2ncn[nH]2)cn1. The first-order chi connectivity index (χ1) is 7.38. The molecule has 2 aromatic heterocycles. The topological polar surface area (TPSA) is 92.5 Å². The summed E-state index contributed by atoms with van der Waals surface area (Å²) in [5.74, 6) is 6.66. The number of nitrogen functional groups attached to an aromatic ring is 1. The summed E-state index contributed by atoms with van der Waals surface area (Å²) in [6, 6.07) is 3.79. The number of nitrogens with zero attached hydrogens (tertiary/aromatic N) is 3. The molecule has 0 saturated carbocycles. The van der Waals surface area contributed by atoms with Crippen molar-refractivity contribution in [1.29, 1.82) is 0 Å². The molecule has 2 aromatic rings. The standard InChI is InChI=1S/C8H10N6S/c9-13-7-2-1-6(3-10-7)4-15-8-11-5-12-14-8/h1-3,5H,4,9H2,(H,10,13)(H,11,12,14). The van der Waals surface area contributed by atoms with Crippen molar-refractivity contribution in [2.75, 3.05) is 5.43 Å². The van der Waals surface area contributed by atoms with Crippen LogP contribution in [0, 0.1) is 0 Å². The van der Waals surface area contributed by atoms with Gasteiger partial charge in [-0.25, -0.2) is 15.8 Å². The van der Waals surface area contributed by atoms with E-state index in [0.717, 1.165) is 16.5 Å². The summed E-state index contributed by atoms with van der Waals surface area (Å²) in [5.41, 5.74) is 3.58. The van der Waals surface area contributed by atoms with Gasteiger partial charge in [0.25, 0.3) is 0 Å². The Balaban J connectivity index is 1.93. The van der Waals surface area contributed by atoms with E-state index in [-0.39, 0.29) is 0 Å². The predicted molar refractivity (Wildman–Crippen MR) is 58.0 cm³/mol. The quantitative estimate of drug-likeness (QED) is 0.402. The lowest BCUT2D eigenvalue weighted by molar-refractivity contribution is 0.972. The van der Waals surface area contributed by atoms with Crippen LogP contribution in [0.5, 0.6) is 0 Å². The zero-order chi connectivity index (χ0) is 10.5. The summed E-state index contributed by atoms with van der Waals surface area (Å²) in [6.45, 7) is 0. The number of aromatic amines is 1. The Labute approximate surface area is 90.7 Å². The lowest BCUT2D eigenvalue weighted by atomic mass is 10.3. The summed E-state index contributed by atoms with van der Waals surface area (Å²) in [4.78, 5) is 8.11. The van der Waals surface area contributed by atoms with Gasteiger partial charge < -0.3 is 5.43 Å². The van der Waals surface area contributed by atoms with Crippen LogP contribution in [0.1, 0.15) is 5.56 Å². The Bertz CT molecular complexity index is 398. The van der Waals surface area contributed by atoms with E-state index in [1.54, 1.807) is 18.0 Å². The maximum Gasteiger partial charge on any atom is 0.183 e. The summed E-state index contributed by atoms with van der Waals surface area (Å²) in [7, 11) is 0. The van der Waals surface area contributed by atoms with Crippen molar-refractivity contribution in [3.05, 3.63) is 30.2 Å². The number of thioether (sulfide) groups is 1. The molecule has 0 atom stereocenters. The van der Waals surface area contributed by atoms with E-state index in [4.69, 9.17) is 5.84 Å². The number of aromatic nitrogens is 4. The molecule has 0 radical (unpaired) electrons. The molecule has 0 bridgehead atoms. The third-order valence-electron chi connectivity index (χ3n) is 1.74. The van der Waals surface area contributed by atoms with E-state index in [1.165, 1.54) is 6.33 Å². The summed E-state index contributed by atoms with van der Waals surface area (Å²) in [5, 5.41) is 7.34. The van der Waals surface area contributed by atoms with Gasteiger partial charge in [0.2, 0.25) is 0 Å². The second kappa shape index (κ2) is 4.76. The van der Waals surface area contributed by atoms with E-state index >= 15 is 0 Å². The molecule has 0 fully saturated rings. The minimum Gasteiger partial charge on any atom is -0.308 e. The van der Waals surface area contributed by atoms with Gasteiger partial charge in [0.15, 0.2) is 5.16 Å². The van der Waals surface area contributed by atoms with Crippen LogP contribution in [-0.4, -0.2) is 20.2 Å². The first-order valence-corrected chi connectivity index (χ1v) is 5.27. The van der Waals surface area contributed by atoms with Crippen LogP contribution in [0.3, 0.4) is 0 Å². The molecule has 2 rings (SSSR count). The van der Waals surface area contributed by atoms with Crippen LogP contribution in [-0.2, 0) is 5.75 Å². The zero-order valence-electron chi connectivity index (χ0n) is 7.84. The maximum absolute atomic E-state index is 5.21. The van der Waals surface area contributed by atoms with Crippen molar-refractivity contribution in [2.24, 2.45) is 5.84 Å². The van der Waals surface area contributed by atoms with Gasteiger partial charge in [0, 0.05) is 11.9 Å². The highest BCUT2D eigenvalue weighted by Gasteiger charge is 1.99. The maximum atomic E-state index is 5.21. The fourth-order valence-electron chi connectivity index (χ4n) is 1.01. The number of pyridine rings is 1. The van der Waals surface area contributed by atoms with E-state index in [2.05, 4.69) is 25.6 Å². The number of nitrogens with one attached hydrogen (secondary N) is 2. The van der Waals surface area contributed by atoms with E-state index < -0.39 is 0 Å². The fourth-order valence-corrected chi connectivity index (χ4v) is 1.72. The number of hydrazine groups is 1. The molecule has 6 nitrogen and oxygen atoms in total. The summed E-state index contributed by atoms with van der Waals surface area (Å²) in [6.07, 6.45) is 3.26. The van der Waals surface area contributed by atoms with Crippen LogP contribution in [0.4, 0.5) is 5.82 Å². The van der Waals surface area contributed by atoms with Crippen molar-refractivity contribution in [3.63, 3.8) is 0 Å². The number of rotatable bonds is 4. The molecular formula is C8H10N6S. The summed E-state index contributed by atoms with van der Waals surface area (Å²) < 4.78 is 0. The molecule has 0 saturated heterocycles. The van der Waals surface area contributed by atoms with Gasteiger partial charge in [-0.1, -0.05) is 17.8 Å². The molecule has 0 aromatic carbocycles. The molecular weight excluding hydrogens is 212 g/mol. The molecule has 0 unspecified atom stereocenters. The van der Waals surface area contributed by atoms with Gasteiger partial charge in [0.05, 0.1) is 0 Å². The van der Waals surface area contributed by atoms with Gasteiger partial charge in [0.1, 0.15) is 12.1 Å². The molecule has 0 spiro atoms. The van der Waals surface area contributed by atoms with Crippen molar-refractivity contribution in [2.45, 2.75) is 10.9 Å². The number of anilines is 1. The molecule has 4 N–H and O–H groups in total. The average Bonchev–Trinajstić information content (AvgIpc) is 2.80. The Morgan fingerprint density at radius 3 is 2.93 bits per heavy atom. The highest BCUT2D eigenvalue weighted by atomic mass is 32.2. The van der Waals surface area contributed by atoms with Gasteiger partial charge in [-0.2, -0.15) is 5.10 Å². The first-order valence-electron chi connectivity index (χ1n) is 4.28. The lowest BCUT2D eigenvalue weighted by Crippen LogP contribution is -2.08. The normalized spacial score (nSPS) is 10.2. The first kappa shape index (κ1) is 9.94. The van der Waals surface area contributed by atoms with E-state index in [0.29, 0.717) is 5.82 Å². The van der Waals surface area contributed by atoms with Gasteiger partial charge in [-0.05, 0) is 11.6 Å². The molecule has 15 heavy (non-hydrogen) atoms. The largest absolute Gasteiger partial charge is 0.308 e. The zero-order valence-corrected chi connectivity index (χ0v) is 8.66. The Morgan fingerprint density at radius 2 is 2.33 bits per heavy atom. The molecule has 7 heteroatoms. The molecule has 0 aliphatic heterocycles. The number of nitrogens with two attached hydrogens (primary N) is 1. The van der Waals surface area contributed by atoms with Crippen LogP contribution < -0.4 is 11.3 Å². The summed E-state index contributed by atoms with van der Waals surface area (Å²) >= 11 is 1.57. The smallest absolute Gasteiger partial charge is 0.183 e. The fraction of sp³-hybridized carbons (Fsp3) is 0.125. The molecule has 2 heterocycles. The Kier molecular flexibility index (Phi) is 3.15. The van der Waals surface area contributed by atoms with Gasteiger partial charge in [-0.3, -0.25) is 5.10 Å². The predicted octanol–water partition coefficient (Wildman–Crippen LogP) is 0.778. The Morgan fingerprint density at radius 1 is 1.40 bits per heavy atom. The molecule has 0 aliphatic rings. The second-order valence-corrected chi connectivity index (χ2v) is 3.74. The minimum atomic E-state index is 0.656. The van der Waals surface area contributed by atoms with Crippen LogP contribution in [0.15, 0.2) is 29.8 Å². The highest BCUT2D eigenvalue weighted by molar-refractivity contribution is 7.98. The van der Waals surface area contributed by atoms with E-state index in [9.17, 15) is 0 Å². The third-order valence-corrected chi connectivity index (χ3v) is 2.69. The van der Waals surface area contributed by atoms with Crippen LogP contribution in [0.25, 0.3) is 0 Å². The average molecular weight is 222 g/mol. The van der Waals surface area contributed by atoms with Crippen LogP contribution >= 0.6 is 11.8 Å². The van der Waals surface area contributed by atoms with Crippen molar-refractivity contribution < 1.29 is 0 Å². The minimum absolute atomic E-state index is 0.656. The monoisotopic (exact) mass is 222 g/mol. The second-order valence-electron chi connectivity index (χ2n) is 2.78. The number of H-pyrrole nitrogens is 1. The van der Waals surface area contributed by atoms with Gasteiger partial charge in [-0.15, -0.1) is 0 Å². The van der Waals surface area contributed by atoms with Crippen molar-refractivity contribution in [1.82, 2.24) is 20.2 Å². The Hall–Kier alpha value is -1.60.